The van der Waals surface area contributed by atoms with E-state index in [1.54, 1.807) is 6.20 Å². The van der Waals surface area contributed by atoms with Crippen LogP contribution >= 0.6 is 0 Å². The Labute approximate surface area is 121 Å². The van der Waals surface area contributed by atoms with E-state index < -0.39 is 11.9 Å². The zero-order valence-corrected chi connectivity index (χ0v) is 11.3. The van der Waals surface area contributed by atoms with Crippen LogP contribution in [0.5, 0.6) is 0 Å². The van der Waals surface area contributed by atoms with Gasteiger partial charge in [-0.15, -0.1) is 0 Å². The van der Waals surface area contributed by atoms with Crippen LogP contribution in [0.2, 0.25) is 0 Å². The zero-order valence-electron chi connectivity index (χ0n) is 11.3. The van der Waals surface area contributed by atoms with Crippen LogP contribution in [0.3, 0.4) is 0 Å². The van der Waals surface area contributed by atoms with Crippen molar-refractivity contribution in [1.82, 2.24) is 15.2 Å². The summed E-state index contributed by atoms with van der Waals surface area (Å²) in [5, 5.41) is 12.6. The lowest BCUT2D eigenvalue weighted by Crippen LogP contribution is -2.56. The lowest BCUT2D eigenvalue weighted by molar-refractivity contribution is -0.146. The van der Waals surface area contributed by atoms with Gasteiger partial charge in [0.1, 0.15) is 0 Å². The molecule has 2 aromatic rings. The zero-order chi connectivity index (χ0) is 14.8. The molecule has 0 radical (unpaired) electrons. The smallest absolute Gasteiger partial charge is 0.317 e. The largest absolute Gasteiger partial charge is 0.481 e. The first-order chi connectivity index (χ1) is 10.1. The van der Waals surface area contributed by atoms with Gasteiger partial charge in [0.25, 0.3) is 0 Å². The first-order valence-corrected chi connectivity index (χ1v) is 6.73. The predicted molar refractivity (Wildman–Crippen MR) is 76.7 cm³/mol. The lowest BCUT2D eigenvalue weighted by Gasteiger charge is -2.36. The maximum absolute atomic E-state index is 11.9. The third-order valence-electron chi connectivity index (χ3n) is 3.66. The Balaban J connectivity index is 1.62. The molecular formula is C15H15N3O3. The highest BCUT2D eigenvalue weighted by molar-refractivity contribution is 5.83. The summed E-state index contributed by atoms with van der Waals surface area (Å²) in [6, 6.07) is 9.43. The van der Waals surface area contributed by atoms with Gasteiger partial charge in [0.05, 0.1) is 11.4 Å². The van der Waals surface area contributed by atoms with Crippen molar-refractivity contribution in [3.8, 4) is 0 Å². The van der Waals surface area contributed by atoms with Gasteiger partial charge >= 0.3 is 12.0 Å². The van der Waals surface area contributed by atoms with Crippen molar-refractivity contribution in [2.45, 2.75) is 6.54 Å². The van der Waals surface area contributed by atoms with E-state index in [0.29, 0.717) is 6.54 Å². The number of nitrogens with zero attached hydrogens (tertiary/aromatic N) is 2. The summed E-state index contributed by atoms with van der Waals surface area (Å²) in [7, 11) is 0. The standard InChI is InChI=1S/C15H15N3O3/c19-14(20)12-8-18(9-12)15(21)17-7-11-4-1-3-10-5-2-6-16-13(10)11/h1-6,12H,7-9H2,(H,17,21)(H,19,20). The van der Waals surface area contributed by atoms with Crippen molar-refractivity contribution in [1.29, 1.82) is 0 Å². The molecule has 0 atom stereocenters. The van der Waals surface area contributed by atoms with E-state index >= 15 is 0 Å². The summed E-state index contributed by atoms with van der Waals surface area (Å²) in [4.78, 5) is 28.4. The van der Waals surface area contributed by atoms with Crippen LogP contribution in [0, 0.1) is 5.92 Å². The number of para-hydroxylation sites is 1. The van der Waals surface area contributed by atoms with Crippen molar-refractivity contribution in [2.24, 2.45) is 5.92 Å². The normalized spacial score (nSPS) is 14.8. The molecule has 3 rings (SSSR count). The Morgan fingerprint density at radius 3 is 2.81 bits per heavy atom. The molecule has 0 unspecified atom stereocenters. The number of fused-ring (bicyclic) bond motifs is 1. The number of carbonyl (C=O) groups excluding carboxylic acids is 1. The number of hydrogen-bond donors (Lipinski definition) is 2. The number of pyridine rings is 1. The monoisotopic (exact) mass is 285 g/mol. The molecule has 108 valence electrons. The van der Waals surface area contributed by atoms with E-state index in [-0.39, 0.29) is 19.1 Å². The minimum absolute atomic E-state index is 0.236. The van der Waals surface area contributed by atoms with Crippen LogP contribution in [-0.4, -0.2) is 40.1 Å². The van der Waals surface area contributed by atoms with E-state index in [0.717, 1.165) is 16.5 Å². The van der Waals surface area contributed by atoms with Gasteiger partial charge in [0, 0.05) is 31.2 Å². The number of likely N-dealkylation sites (tertiary alicyclic amines) is 1. The molecule has 2 heterocycles. The summed E-state index contributed by atoms with van der Waals surface area (Å²) in [6.45, 7) is 0.922. The topological polar surface area (TPSA) is 82.5 Å². The molecule has 0 aliphatic carbocycles. The number of rotatable bonds is 3. The maximum atomic E-state index is 11.9. The van der Waals surface area contributed by atoms with Gasteiger partial charge in [0.2, 0.25) is 0 Å². The van der Waals surface area contributed by atoms with Gasteiger partial charge in [-0.25, -0.2) is 4.79 Å². The van der Waals surface area contributed by atoms with Crippen LogP contribution in [-0.2, 0) is 11.3 Å². The Kier molecular flexibility index (Phi) is 3.43. The minimum Gasteiger partial charge on any atom is -0.481 e. The molecule has 6 heteroatoms. The number of carboxylic acids is 1. The Hall–Kier alpha value is -2.63. The SMILES string of the molecule is O=C(O)C1CN(C(=O)NCc2cccc3cccnc23)C1. The number of urea groups is 1. The van der Waals surface area contributed by atoms with Gasteiger partial charge in [-0.2, -0.15) is 0 Å². The highest BCUT2D eigenvalue weighted by atomic mass is 16.4. The van der Waals surface area contributed by atoms with E-state index in [1.165, 1.54) is 4.90 Å². The van der Waals surface area contributed by atoms with Crippen molar-refractivity contribution >= 4 is 22.9 Å². The fourth-order valence-electron chi connectivity index (χ4n) is 2.39. The molecule has 1 aromatic heterocycles. The van der Waals surface area contributed by atoms with E-state index in [9.17, 15) is 9.59 Å². The van der Waals surface area contributed by atoms with Gasteiger partial charge < -0.3 is 15.3 Å². The Morgan fingerprint density at radius 2 is 2.05 bits per heavy atom. The Morgan fingerprint density at radius 1 is 1.29 bits per heavy atom. The van der Waals surface area contributed by atoms with Crippen molar-refractivity contribution in [3.63, 3.8) is 0 Å². The molecular weight excluding hydrogens is 270 g/mol. The maximum Gasteiger partial charge on any atom is 0.317 e. The number of nitrogens with one attached hydrogen (secondary N) is 1. The molecule has 1 aliphatic rings. The molecule has 21 heavy (non-hydrogen) atoms. The minimum atomic E-state index is -0.850. The fourth-order valence-corrected chi connectivity index (χ4v) is 2.39. The van der Waals surface area contributed by atoms with Crippen LogP contribution in [0.4, 0.5) is 4.79 Å². The number of amides is 2. The number of carbonyl (C=O) groups is 2. The number of hydrogen-bond acceptors (Lipinski definition) is 3. The summed E-state index contributed by atoms with van der Waals surface area (Å²) >= 11 is 0. The van der Waals surface area contributed by atoms with Gasteiger partial charge in [0.15, 0.2) is 0 Å². The second-order valence-corrected chi connectivity index (χ2v) is 5.09. The number of carboxylic acid groups (broad SMARTS) is 1. The fraction of sp³-hybridized carbons (Fsp3) is 0.267. The van der Waals surface area contributed by atoms with Gasteiger partial charge in [-0.1, -0.05) is 24.3 Å². The number of benzene rings is 1. The van der Waals surface area contributed by atoms with Crippen LogP contribution in [0.15, 0.2) is 36.5 Å². The van der Waals surface area contributed by atoms with Gasteiger partial charge in [-0.05, 0) is 11.6 Å². The Bertz CT molecular complexity index is 690. The van der Waals surface area contributed by atoms with Crippen LogP contribution < -0.4 is 5.32 Å². The predicted octanol–water partition coefficient (Wildman–Crippen LogP) is 1.46. The third kappa shape index (κ3) is 2.65. The second kappa shape index (κ2) is 5.40. The molecule has 2 amide bonds. The number of aliphatic carboxylic acids is 1. The average molecular weight is 285 g/mol. The first kappa shape index (κ1) is 13.4. The molecule has 1 aromatic carbocycles. The highest BCUT2D eigenvalue weighted by Gasteiger charge is 2.35. The van der Waals surface area contributed by atoms with E-state index in [4.69, 9.17) is 5.11 Å². The highest BCUT2D eigenvalue weighted by Crippen LogP contribution is 2.17. The summed E-state index contributed by atoms with van der Waals surface area (Å²) in [5.41, 5.74) is 1.81. The summed E-state index contributed by atoms with van der Waals surface area (Å²) < 4.78 is 0. The third-order valence-corrected chi connectivity index (χ3v) is 3.66. The van der Waals surface area contributed by atoms with E-state index in [1.807, 2.05) is 30.3 Å². The van der Waals surface area contributed by atoms with Crippen LogP contribution in [0.1, 0.15) is 5.56 Å². The summed E-state index contributed by atoms with van der Waals surface area (Å²) in [6.07, 6.45) is 1.72. The quantitative estimate of drug-likeness (QED) is 0.894. The number of aromatic nitrogens is 1. The second-order valence-electron chi connectivity index (χ2n) is 5.09. The first-order valence-electron chi connectivity index (χ1n) is 6.73. The molecule has 1 fully saturated rings. The molecule has 2 N–H and O–H groups in total. The van der Waals surface area contributed by atoms with Crippen molar-refractivity contribution in [3.05, 3.63) is 42.1 Å². The molecule has 0 bridgehead atoms. The molecule has 0 spiro atoms. The summed E-state index contributed by atoms with van der Waals surface area (Å²) in [5.74, 6) is -1.28. The molecule has 0 saturated carbocycles. The van der Waals surface area contributed by atoms with E-state index in [2.05, 4.69) is 10.3 Å². The lowest BCUT2D eigenvalue weighted by atomic mass is 10.0. The molecule has 1 saturated heterocycles. The molecule has 6 nitrogen and oxygen atoms in total. The molecule has 1 aliphatic heterocycles. The van der Waals surface area contributed by atoms with Gasteiger partial charge in [-0.3, -0.25) is 9.78 Å². The van der Waals surface area contributed by atoms with Crippen molar-refractivity contribution < 1.29 is 14.7 Å². The van der Waals surface area contributed by atoms with Crippen LogP contribution in [0.25, 0.3) is 10.9 Å². The van der Waals surface area contributed by atoms with Crippen molar-refractivity contribution in [2.75, 3.05) is 13.1 Å². The average Bonchev–Trinajstić information content (AvgIpc) is 2.43.